The molecule has 0 aliphatic carbocycles. The van der Waals surface area contributed by atoms with Crippen molar-refractivity contribution in [1.29, 1.82) is 0 Å². The summed E-state index contributed by atoms with van der Waals surface area (Å²) in [5.74, 6) is 1.37. The van der Waals surface area contributed by atoms with Crippen LogP contribution in [0.1, 0.15) is 25.3 Å². The minimum atomic E-state index is 0.429. The SMILES string of the molecule is CC(C)c1cc(Br)ccc1OCCNc1cccc(Cl)c1. The first-order valence-corrected chi connectivity index (χ1v) is 8.15. The molecule has 0 saturated carbocycles. The summed E-state index contributed by atoms with van der Waals surface area (Å²) in [6.45, 7) is 5.67. The molecular formula is C17H19BrClNO. The molecule has 0 fully saturated rings. The first kappa shape index (κ1) is 16.2. The van der Waals surface area contributed by atoms with Crippen LogP contribution in [0.3, 0.4) is 0 Å². The Morgan fingerprint density at radius 1 is 1.19 bits per heavy atom. The average Bonchev–Trinajstić information content (AvgIpc) is 2.44. The fourth-order valence-electron chi connectivity index (χ4n) is 2.06. The standard InChI is InChI=1S/C17H19BrClNO/c1-12(2)16-10-13(18)6-7-17(16)21-9-8-20-15-5-3-4-14(19)11-15/h3-7,10-12,20H,8-9H2,1-2H3. The predicted octanol–water partition coefficient (Wildman–Crippen LogP) is 5.72. The van der Waals surface area contributed by atoms with Gasteiger partial charge in [0.1, 0.15) is 12.4 Å². The highest BCUT2D eigenvalue weighted by Crippen LogP contribution is 2.29. The number of halogens is 2. The van der Waals surface area contributed by atoms with E-state index in [0.717, 1.165) is 27.5 Å². The van der Waals surface area contributed by atoms with Gasteiger partial charge in [-0.1, -0.05) is 47.4 Å². The molecule has 21 heavy (non-hydrogen) atoms. The van der Waals surface area contributed by atoms with Crippen molar-refractivity contribution in [3.05, 3.63) is 57.5 Å². The fraction of sp³-hybridized carbons (Fsp3) is 0.294. The molecular weight excluding hydrogens is 350 g/mol. The van der Waals surface area contributed by atoms with Crippen molar-refractivity contribution in [3.63, 3.8) is 0 Å². The summed E-state index contributed by atoms with van der Waals surface area (Å²) >= 11 is 9.45. The van der Waals surface area contributed by atoms with Crippen LogP contribution in [0, 0.1) is 0 Å². The second-order valence-electron chi connectivity index (χ2n) is 5.12. The molecule has 0 spiro atoms. The molecule has 0 aliphatic heterocycles. The van der Waals surface area contributed by atoms with Crippen LogP contribution in [-0.4, -0.2) is 13.2 Å². The van der Waals surface area contributed by atoms with Crippen LogP contribution in [0.5, 0.6) is 5.75 Å². The van der Waals surface area contributed by atoms with E-state index in [2.05, 4.69) is 41.2 Å². The van der Waals surface area contributed by atoms with Gasteiger partial charge < -0.3 is 10.1 Å². The number of anilines is 1. The van der Waals surface area contributed by atoms with Crippen LogP contribution in [0.25, 0.3) is 0 Å². The van der Waals surface area contributed by atoms with Gasteiger partial charge in [0.25, 0.3) is 0 Å². The van der Waals surface area contributed by atoms with Crippen LogP contribution >= 0.6 is 27.5 Å². The van der Waals surface area contributed by atoms with Gasteiger partial charge in [0, 0.05) is 21.7 Å². The quantitative estimate of drug-likeness (QED) is 0.659. The van der Waals surface area contributed by atoms with E-state index in [1.807, 2.05) is 36.4 Å². The Bertz CT molecular complexity index is 601. The van der Waals surface area contributed by atoms with Gasteiger partial charge in [-0.25, -0.2) is 0 Å². The summed E-state index contributed by atoms with van der Waals surface area (Å²) in [6, 6.07) is 13.8. The lowest BCUT2D eigenvalue weighted by atomic mass is 10.0. The van der Waals surface area contributed by atoms with Crippen molar-refractivity contribution in [3.8, 4) is 5.75 Å². The van der Waals surface area contributed by atoms with Crippen molar-refractivity contribution in [2.24, 2.45) is 0 Å². The van der Waals surface area contributed by atoms with E-state index in [0.29, 0.717) is 12.5 Å². The molecule has 0 atom stereocenters. The summed E-state index contributed by atoms with van der Waals surface area (Å²) in [5.41, 5.74) is 2.22. The van der Waals surface area contributed by atoms with E-state index < -0.39 is 0 Å². The highest BCUT2D eigenvalue weighted by atomic mass is 79.9. The van der Waals surface area contributed by atoms with Crippen molar-refractivity contribution >= 4 is 33.2 Å². The normalized spacial score (nSPS) is 10.7. The van der Waals surface area contributed by atoms with Gasteiger partial charge in [-0.2, -0.15) is 0 Å². The van der Waals surface area contributed by atoms with Gasteiger partial charge in [-0.05, 0) is 47.9 Å². The minimum Gasteiger partial charge on any atom is -0.491 e. The Kier molecular flexibility index (Phi) is 5.95. The Morgan fingerprint density at radius 3 is 2.71 bits per heavy atom. The molecule has 2 rings (SSSR count). The lowest BCUT2D eigenvalue weighted by molar-refractivity contribution is 0.328. The monoisotopic (exact) mass is 367 g/mol. The molecule has 0 aromatic heterocycles. The maximum Gasteiger partial charge on any atom is 0.122 e. The molecule has 2 aromatic rings. The zero-order valence-corrected chi connectivity index (χ0v) is 14.5. The van der Waals surface area contributed by atoms with E-state index in [-0.39, 0.29) is 0 Å². The highest BCUT2D eigenvalue weighted by Gasteiger charge is 2.08. The third kappa shape index (κ3) is 4.94. The van der Waals surface area contributed by atoms with E-state index in [1.165, 1.54) is 5.56 Å². The molecule has 2 nitrogen and oxygen atoms in total. The van der Waals surface area contributed by atoms with Gasteiger partial charge in [0.15, 0.2) is 0 Å². The molecule has 0 saturated heterocycles. The molecule has 0 heterocycles. The summed E-state index contributed by atoms with van der Waals surface area (Å²) in [4.78, 5) is 0. The van der Waals surface area contributed by atoms with Crippen molar-refractivity contribution in [2.45, 2.75) is 19.8 Å². The Morgan fingerprint density at radius 2 is 2.00 bits per heavy atom. The Balaban J connectivity index is 1.89. The first-order chi connectivity index (χ1) is 10.1. The largest absolute Gasteiger partial charge is 0.491 e. The van der Waals surface area contributed by atoms with Crippen LogP contribution in [-0.2, 0) is 0 Å². The molecule has 4 heteroatoms. The van der Waals surface area contributed by atoms with E-state index in [1.54, 1.807) is 0 Å². The van der Waals surface area contributed by atoms with Crippen LogP contribution in [0.2, 0.25) is 5.02 Å². The molecule has 2 aromatic carbocycles. The third-order valence-corrected chi connectivity index (χ3v) is 3.84. The average molecular weight is 369 g/mol. The maximum absolute atomic E-state index is 5.95. The molecule has 112 valence electrons. The van der Waals surface area contributed by atoms with Gasteiger partial charge in [0.05, 0.1) is 0 Å². The van der Waals surface area contributed by atoms with Crippen LogP contribution in [0.4, 0.5) is 5.69 Å². The van der Waals surface area contributed by atoms with Gasteiger partial charge in [-0.3, -0.25) is 0 Å². The van der Waals surface area contributed by atoms with E-state index in [9.17, 15) is 0 Å². The predicted molar refractivity (Wildman–Crippen MR) is 93.7 cm³/mol. The second kappa shape index (κ2) is 7.71. The first-order valence-electron chi connectivity index (χ1n) is 6.98. The van der Waals surface area contributed by atoms with E-state index in [4.69, 9.17) is 16.3 Å². The topological polar surface area (TPSA) is 21.3 Å². The summed E-state index contributed by atoms with van der Waals surface area (Å²) in [7, 11) is 0. The number of rotatable bonds is 6. The second-order valence-corrected chi connectivity index (χ2v) is 6.47. The smallest absolute Gasteiger partial charge is 0.122 e. The fourth-order valence-corrected chi connectivity index (χ4v) is 2.63. The van der Waals surface area contributed by atoms with Crippen LogP contribution < -0.4 is 10.1 Å². The summed E-state index contributed by atoms with van der Waals surface area (Å²) in [5, 5.41) is 4.03. The van der Waals surface area contributed by atoms with E-state index >= 15 is 0 Å². The number of ether oxygens (including phenoxy) is 1. The molecule has 1 N–H and O–H groups in total. The molecule has 0 aliphatic rings. The number of hydrogen-bond donors (Lipinski definition) is 1. The number of nitrogens with one attached hydrogen (secondary N) is 1. The van der Waals surface area contributed by atoms with Gasteiger partial charge >= 0.3 is 0 Å². The maximum atomic E-state index is 5.95. The third-order valence-electron chi connectivity index (χ3n) is 3.11. The zero-order chi connectivity index (χ0) is 15.2. The lowest BCUT2D eigenvalue weighted by Crippen LogP contribution is -2.12. The number of benzene rings is 2. The van der Waals surface area contributed by atoms with Crippen molar-refractivity contribution in [2.75, 3.05) is 18.5 Å². The Labute approximate surface area is 139 Å². The molecule has 0 radical (unpaired) electrons. The summed E-state index contributed by atoms with van der Waals surface area (Å²) in [6.07, 6.45) is 0. The number of hydrogen-bond acceptors (Lipinski definition) is 2. The van der Waals surface area contributed by atoms with Crippen LogP contribution in [0.15, 0.2) is 46.9 Å². The summed E-state index contributed by atoms with van der Waals surface area (Å²) < 4.78 is 6.97. The van der Waals surface area contributed by atoms with Gasteiger partial charge in [0.2, 0.25) is 0 Å². The van der Waals surface area contributed by atoms with Gasteiger partial charge in [-0.15, -0.1) is 0 Å². The van der Waals surface area contributed by atoms with Crippen molar-refractivity contribution < 1.29 is 4.74 Å². The molecule has 0 bridgehead atoms. The minimum absolute atomic E-state index is 0.429. The van der Waals surface area contributed by atoms with Crippen molar-refractivity contribution in [1.82, 2.24) is 0 Å². The lowest BCUT2D eigenvalue weighted by Gasteiger charge is -2.15. The molecule has 0 amide bonds. The Hall–Kier alpha value is -1.19. The highest BCUT2D eigenvalue weighted by molar-refractivity contribution is 9.10. The zero-order valence-electron chi connectivity index (χ0n) is 12.2. The molecule has 0 unspecified atom stereocenters.